The maximum absolute atomic E-state index is 13.2. The van der Waals surface area contributed by atoms with E-state index in [4.69, 9.17) is 0 Å². The van der Waals surface area contributed by atoms with Gasteiger partial charge in [0.15, 0.2) is 0 Å². The summed E-state index contributed by atoms with van der Waals surface area (Å²) in [5.41, 5.74) is 0.403. The number of halogens is 4. The molecule has 2 rings (SSSR count). The molecular weight excluding hydrogens is 300 g/mol. The van der Waals surface area contributed by atoms with Gasteiger partial charge in [0.2, 0.25) is 0 Å². The van der Waals surface area contributed by atoms with Gasteiger partial charge in [0.1, 0.15) is 5.75 Å². The molecule has 7 heteroatoms. The molecule has 22 heavy (non-hydrogen) atoms. The van der Waals surface area contributed by atoms with E-state index < -0.39 is 12.5 Å². The minimum absolute atomic E-state index is 0.253. The molecule has 0 saturated carbocycles. The molecule has 0 spiro atoms. The second-order valence-electron chi connectivity index (χ2n) is 4.97. The Labute approximate surface area is 126 Å². The van der Waals surface area contributed by atoms with Crippen molar-refractivity contribution in [2.75, 3.05) is 26.2 Å². The molecule has 0 bridgehead atoms. The summed E-state index contributed by atoms with van der Waals surface area (Å²) in [5, 5.41) is 3.19. The monoisotopic (exact) mass is 318 g/mol. The van der Waals surface area contributed by atoms with Gasteiger partial charge in [-0.15, -0.1) is 6.58 Å². The third-order valence-corrected chi connectivity index (χ3v) is 3.51. The van der Waals surface area contributed by atoms with Gasteiger partial charge in [-0.25, -0.2) is 0 Å². The first-order valence-corrected chi connectivity index (χ1v) is 6.97. The SMILES string of the molecule is C=C[C@H](c1ccccc1OC(F)(F)C(F)F)N1CCNCC1. The molecule has 0 unspecified atom stereocenters. The van der Waals surface area contributed by atoms with E-state index in [0.29, 0.717) is 18.7 Å². The highest BCUT2D eigenvalue weighted by molar-refractivity contribution is 5.38. The first-order chi connectivity index (χ1) is 10.5. The summed E-state index contributed by atoms with van der Waals surface area (Å²) in [6, 6.07) is 5.61. The molecule has 3 nitrogen and oxygen atoms in total. The average molecular weight is 318 g/mol. The van der Waals surface area contributed by atoms with Crippen LogP contribution in [0, 0.1) is 0 Å². The van der Waals surface area contributed by atoms with Crippen LogP contribution in [0.3, 0.4) is 0 Å². The largest absolute Gasteiger partial charge is 0.461 e. The molecule has 1 atom stereocenters. The van der Waals surface area contributed by atoms with Gasteiger partial charge in [0.05, 0.1) is 6.04 Å². The number of ether oxygens (including phenoxy) is 1. The van der Waals surface area contributed by atoms with Gasteiger partial charge >= 0.3 is 12.5 Å². The second-order valence-corrected chi connectivity index (χ2v) is 4.97. The van der Waals surface area contributed by atoms with Crippen LogP contribution >= 0.6 is 0 Å². The summed E-state index contributed by atoms with van der Waals surface area (Å²) in [6.45, 7) is 6.67. The first-order valence-electron chi connectivity index (χ1n) is 6.97. The number of alkyl halides is 4. The average Bonchev–Trinajstić information content (AvgIpc) is 2.50. The topological polar surface area (TPSA) is 24.5 Å². The Morgan fingerprint density at radius 2 is 1.86 bits per heavy atom. The zero-order valence-corrected chi connectivity index (χ0v) is 11.9. The number of para-hydroxylation sites is 1. The van der Waals surface area contributed by atoms with Gasteiger partial charge in [-0.2, -0.15) is 17.6 Å². The van der Waals surface area contributed by atoms with E-state index in [2.05, 4.69) is 16.6 Å². The standard InChI is InChI=1S/C15H18F4N2O/c1-2-12(21-9-7-20-8-10-21)11-5-3-4-6-13(11)22-15(18,19)14(16)17/h2-6,12,14,20H,1,7-10H2/t12-/m1/s1. The molecule has 1 heterocycles. The summed E-state index contributed by atoms with van der Waals surface area (Å²) in [6.07, 6.45) is -6.80. The predicted octanol–water partition coefficient (Wildman–Crippen LogP) is 3.06. The van der Waals surface area contributed by atoms with Crippen LogP contribution in [0.25, 0.3) is 0 Å². The molecule has 1 aliphatic heterocycles. The smallest absolute Gasteiger partial charge is 0.428 e. The van der Waals surface area contributed by atoms with Crippen LogP contribution in [0.15, 0.2) is 36.9 Å². The summed E-state index contributed by atoms with van der Waals surface area (Å²) in [4.78, 5) is 2.03. The van der Waals surface area contributed by atoms with Crippen molar-refractivity contribution in [3.05, 3.63) is 42.5 Å². The highest BCUT2D eigenvalue weighted by Crippen LogP contribution is 2.35. The fourth-order valence-electron chi connectivity index (χ4n) is 2.44. The van der Waals surface area contributed by atoms with Crippen LogP contribution < -0.4 is 10.1 Å². The van der Waals surface area contributed by atoms with Crippen molar-refractivity contribution in [1.82, 2.24) is 10.2 Å². The molecule has 0 aromatic heterocycles. The van der Waals surface area contributed by atoms with Crippen LogP contribution in [0.1, 0.15) is 11.6 Å². The molecule has 1 saturated heterocycles. The molecule has 1 fully saturated rings. The molecular formula is C15H18F4N2O. The Balaban J connectivity index is 2.27. The Kier molecular flexibility index (Phi) is 5.42. The Morgan fingerprint density at radius 1 is 1.23 bits per heavy atom. The van der Waals surface area contributed by atoms with E-state index in [-0.39, 0.29) is 11.8 Å². The van der Waals surface area contributed by atoms with Crippen molar-refractivity contribution in [2.24, 2.45) is 0 Å². The fraction of sp³-hybridized carbons (Fsp3) is 0.467. The summed E-state index contributed by atoms with van der Waals surface area (Å²) < 4.78 is 55.4. The van der Waals surface area contributed by atoms with Gasteiger partial charge in [0, 0.05) is 31.7 Å². The lowest BCUT2D eigenvalue weighted by Crippen LogP contribution is -2.44. The van der Waals surface area contributed by atoms with E-state index in [1.54, 1.807) is 18.2 Å². The number of piperazine rings is 1. The lowest BCUT2D eigenvalue weighted by Gasteiger charge is -2.34. The predicted molar refractivity (Wildman–Crippen MR) is 75.4 cm³/mol. The molecule has 1 aromatic rings. The van der Waals surface area contributed by atoms with Gasteiger partial charge < -0.3 is 10.1 Å². The maximum Gasteiger partial charge on any atom is 0.461 e. The maximum atomic E-state index is 13.2. The van der Waals surface area contributed by atoms with Crippen LogP contribution in [0.5, 0.6) is 5.75 Å². The highest BCUT2D eigenvalue weighted by atomic mass is 19.3. The van der Waals surface area contributed by atoms with Crippen molar-refractivity contribution in [1.29, 1.82) is 0 Å². The molecule has 1 N–H and O–H groups in total. The van der Waals surface area contributed by atoms with Crippen molar-refractivity contribution in [3.8, 4) is 5.75 Å². The number of nitrogens with one attached hydrogen (secondary N) is 1. The van der Waals surface area contributed by atoms with E-state index in [1.165, 1.54) is 12.1 Å². The molecule has 0 aliphatic carbocycles. The van der Waals surface area contributed by atoms with Gasteiger partial charge in [-0.1, -0.05) is 24.3 Å². The Bertz CT molecular complexity index is 504. The minimum atomic E-state index is -4.52. The van der Waals surface area contributed by atoms with Gasteiger partial charge in [-0.3, -0.25) is 4.90 Å². The zero-order valence-electron chi connectivity index (χ0n) is 11.9. The van der Waals surface area contributed by atoms with Crippen LogP contribution in [-0.2, 0) is 0 Å². The number of benzene rings is 1. The van der Waals surface area contributed by atoms with Crippen molar-refractivity contribution < 1.29 is 22.3 Å². The van der Waals surface area contributed by atoms with E-state index >= 15 is 0 Å². The fourth-order valence-corrected chi connectivity index (χ4v) is 2.44. The number of rotatable bonds is 6. The third kappa shape index (κ3) is 3.78. The van der Waals surface area contributed by atoms with Crippen molar-refractivity contribution in [3.63, 3.8) is 0 Å². The molecule has 1 aromatic carbocycles. The van der Waals surface area contributed by atoms with Gasteiger partial charge in [0.25, 0.3) is 0 Å². The molecule has 0 amide bonds. The van der Waals surface area contributed by atoms with E-state index in [9.17, 15) is 17.6 Å². The molecule has 122 valence electrons. The Morgan fingerprint density at radius 3 is 2.45 bits per heavy atom. The lowest BCUT2D eigenvalue weighted by atomic mass is 10.0. The molecule has 1 aliphatic rings. The number of hydrogen-bond acceptors (Lipinski definition) is 3. The quantitative estimate of drug-likeness (QED) is 0.644. The second kappa shape index (κ2) is 7.11. The number of nitrogens with zero attached hydrogens (tertiary/aromatic N) is 1. The summed E-state index contributed by atoms with van der Waals surface area (Å²) >= 11 is 0. The number of hydrogen-bond donors (Lipinski definition) is 1. The molecule has 0 radical (unpaired) electrons. The normalized spacial score (nSPS) is 18.2. The highest BCUT2D eigenvalue weighted by Gasteiger charge is 2.44. The van der Waals surface area contributed by atoms with Crippen molar-refractivity contribution >= 4 is 0 Å². The summed E-state index contributed by atoms with van der Waals surface area (Å²) in [5.74, 6) is -0.253. The van der Waals surface area contributed by atoms with Crippen LogP contribution in [0.4, 0.5) is 17.6 Å². The zero-order chi connectivity index (χ0) is 16.2. The minimum Gasteiger partial charge on any atom is -0.428 e. The van der Waals surface area contributed by atoms with E-state index in [1.807, 2.05) is 4.90 Å². The van der Waals surface area contributed by atoms with Gasteiger partial charge in [-0.05, 0) is 6.07 Å². The third-order valence-electron chi connectivity index (χ3n) is 3.51. The Hall–Kier alpha value is -1.60. The van der Waals surface area contributed by atoms with E-state index in [0.717, 1.165) is 13.1 Å². The first kappa shape index (κ1) is 16.8. The van der Waals surface area contributed by atoms with Crippen molar-refractivity contribution in [2.45, 2.75) is 18.6 Å². The lowest BCUT2D eigenvalue weighted by molar-refractivity contribution is -0.253. The van der Waals surface area contributed by atoms with Crippen LogP contribution in [0.2, 0.25) is 0 Å². The summed E-state index contributed by atoms with van der Waals surface area (Å²) in [7, 11) is 0. The van der Waals surface area contributed by atoms with Crippen LogP contribution in [-0.4, -0.2) is 43.6 Å².